The van der Waals surface area contributed by atoms with E-state index in [2.05, 4.69) is 9.88 Å². The topological polar surface area (TPSA) is 66.6 Å². The molecule has 3 rings (SSSR count). The van der Waals surface area contributed by atoms with Crippen LogP contribution < -0.4 is 0 Å². The average Bonchev–Trinajstić information content (AvgIpc) is 2.89. The quantitative estimate of drug-likeness (QED) is 0.925. The number of oxazole rings is 1. The fourth-order valence-corrected chi connectivity index (χ4v) is 3.12. The maximum Gasteiger partial charge on any atom is 0.307 e. The predicted molar refractivity (Wildman–Crippen MR) is 87.3 cm³/mol. The number of nitrogens with zero attached hydrogens (tertiary/aromatic N) is 2. The third-order valence-corrected chi connectivity index (χ3v) is 4.43. The number of carboxylic acids is 1. The largest absolute Gasteiger partial charge is 0.481 e. The Bertz CT molecular complexity index is 714. The van der Waals surface area contributed by atoms with Crippen LogP contribution in [0.2, 0.25) is 5.02 Å². The van der Waals surface area contributed by atoms with Crippen LogP contribution in [-0.2, 0) is 11.3 Å². The van der Waals surface area contributed by atoms with E-state index in [1.54, 1.807) is 0 Å². The van der Waals surface area contributed by atoms with Crippen molar-refractivity contribution >= 4 is 17.6 Å². The molecule has 1 aliphatic heterocycles. The smallest absolute Gasteiger partial charge is 0.307 e. The van der Waals surface area contributed by atoms with Crippen LogP contribution in [0.15, 0.2) is 28.7 Å². The van der Waals surface area contributed by atoms with Crippen molar-refractivity contribution in [2.24, 2.45) is 5.92 Å². The maximum absolute atomic E-state index is 11.2. The zero-order chi connectivity index (χ0) is 16.4. The summed E-state index contributed by atoms with van der Waals surface area (Å²) in [5.41, 5.74) is 1.69. The van der Waals surface area contributed by atoms with Gasteiger partial charge in [0.15, 0.2) is 0 Å². The first kappa shape index (κ1) is 16.0. The second-order valence-corrected chi connectivity index (χ2v) is 6.38. The number of hydrogen-bond donors (Lipinski definition) is 1. The number of benzene rings is 1. The molecule has 1 atom stereocenters. The lowest BCUT2D eigenvalue weighted by atomic mass is 9.98. The number of hydrogen-bond acceptors (Lipinski definition) is 4. The van der Waals surface area contributed by atoms with E-state index in [0.717, 1.165) is 36.4 Å². The second kappa shape index (κ2) is 6.72. The van der Waals surface area contributed by atoms with Gasteiger partial charge < -0.3 is 9.52 Å². The van der Waals surface area contributed by atoms with Gasteiger partial charge in [0.05, 0.1) is 11.6 Å². The Balaban J connectivity index is 1.75. The Morgan fingerprint density at radius 1 is 1.52 bits per heavy atom. The molecule has 2 aromatic rings. The highest BCUT2D eigenvalue weighted by Gasteiger charge is 2.26. The molecule has 1 aliphatic rings. The highest BCUT2D eigenvalue weighted by molar-refractivity contribution is 6.30. The highest BCUT2D eigenvalue weighted by atomic mass is 35.5. The summed E-state index contributed by atoms with van der Waals surface area (Å²) >= 11 is 6.01. The number of piperidine rings is 1. The molecule has 0 bridgehead atoms. The van der Waals surface area contributed by atoms with E-state index in [4.69, 9.17) is 16.0 Å². The molecule has 0 spiro atoms. The van der Waals surface area contributed by atoms with Crippen LogP contribution in [0.3, 0.4) is 0 Å². The monoisotopic (exact) mass is 334 g/mol. The Morgan fingerprint density at radius 2 is 2.35 bits per heavy atom. The van der Waals surface area contributed by atoms with Crippen LogP contribution in [0.5, 0.6) is 0 Å². The summed E-state index contributed by atoms with van der Waals surface area (Å²) in [5.74, 6) is 0.304. The van der Waals surface area contributed by atoms with E-state index < -0.39 is 5.97 Å². The van der Waals surface area contributed by atoms with Gasteiger partial charge in [-0.1, -0.05) is 17.7 Å². The molecule has 5 nitrogen and oxygen atoms in total. The van der Waals surface area contributed by atoms with E-state index in [1.165, 1.54) is 0 Å². The van der Waals surface area contributed by atoms with Crippen molar-refractivity contribution in [1.82, 2.24) is 9.88 Å². The van der Waals surface area contributed by atoms with Crippen LogP contribution in [-0.4, -0.2) is 34.0 Å². The number of aliphatic carboxylic acids is 1. The van der Waals surface area contributed by atoms with E-state index in [-0.39, 0.29) is 5.92 Å². The summed E-state index contributed by atoms with van der Waals surface area (Å²) in [7, 11) is 0. The molecule has 1 unspecified atom stereocenters. The zero-order valence-electron chi connectivity index (χ0n) is 13.0. The molecule has 0 aliphatic carbocycles. The van der Waals surface area contributed by atoms with Crippen LogP contribution in [0.4, 0.5) is 0 Å². The van der Waals surface area contributed by atoms with E-state index >= 15 is 0 Å². The molecule has 0 saturated carbocycles. The van der Waals surface area contributed by atoms with Crippen LogP contribution in [0, 0.1) is 12.8 Å². The predicted octanol–water partition coefficient (Wildman–Crippen LogP) is 3.60. The van der Waals surface area contributed by atoms with Crippen molar-refractivity contribution in [3.8, 4) is 11.5 Å². The maximum atomic E-state index is 11.2. The van der Waals surface area contributed by atoms with Gasteiger partial charge in [-0.25, -0.2) is 4.98 Å². The average molecular weight is 335 g/mol. The Kier molecular flexibility index (Phi) is 4.68. The van der Waals surface area contributed by atoms with Gasteiger partial charge in [-0.05, 0) is 44.5 Å². The summed E-state index contributed by atoms with van der Waals surface area (Å²) < 4.78 is 5.76. The van der Waals surface area contributed by atoms with Crippen LogP contribution in [0.1, 0.15) is 24.3 Å². The molecule has 1 N–H and O–H groups in total. The third-order valence-electron chi connectivity index (χ3n) is 4.19. The normalized spacial score (nSPS) is 19.0. The number of rotatable bonds is 4. The SMILES string of the molecule is Cc1oc(-c2cccc(Cl)c2)nc1CN1CCCC(C(=O)O)C1. The number of aromatic nitrogens is 1. The summed E-state index contributed by atoms with van der Waals surface area (Å²) in [6, 6.07) is 7.39. The summed E-state index contributed by atoms with van der Waals surface area (Å²) in [5, 5.41) is 9.82. The molecular weight excluding hydrogens is 316 g/mol. The minimum Gasteiger partial charge on any atom is -0.481 e. The van der Waals surface area contributed by atoms with Crippen molar-refractivity contribution in [3.05, 3.63) is 40.7 Å². The van der Waals surface area contributed by atoms with Gasteiger partial charge in [0.25, 0.3) is 0 Å². The van der Waals surface area contributed by atoms with Gasteiger partial charge in [0, 0.05) is 23.7 Å². The van der Waals surface area contributed by atoms with Crippen LogP contribution >= 0.6 is 11.6 Å². The lowest BCUT2D eigenvalue weighted by Crippen LogP contribution is -2.38. The molecule has 0 amide bonds. The number of carbonyl (C=O) groups is 1. The first-order valence-corrected chi connectivity index (χ1v) is 8.08. The number of halogens is 1. The first-order valence-electron chi connectivity index (χ1n) is 7.70. The van der Waals surface area contributed by atoms with Gasteiger partial charge in [-0.2, -0.15) is 0 Å². The van der Waals surface area contributed by atoms with Gasteiger partial charge in [-0.15, -0.1) is 0 Å². The van der Waals surface area contributed by atoms with Crippen molar-refractivity contribution in [3.63, 3.8) is 0 Å². The van der Waals surface area contributed by atoms with Crippen molar-refractivity contribution in [2.45, 2.75) is 26.3 Å². The van der Waals surface area contributed by atoms with E-state index in [0.29, 0.717) is 24.0 Å². The number of carboxylic acid groups (broad SMARTS) is 1. The van der Waals surface area contributed by atoms with Crippen molar-refractivity contribution in [1.29, 1.82) is 0 Å². The van der Waals surface area contributed by atoms with Crippen LogP contribution in [0.25, 0.3) is 11.5 Å². The molecule has 1 aromatic carbocycles. The molecule has 1 aromatic heterocycles. The molecule has 23 heavy (non-hydrogen) atoms. The molecule has 6 heteroatoms. The number of aryl methyl sites for hydroxylation is 1. The first-order chi connectivity index (χ1) is 11.0. The zero-order valence-corrected chi connectivity index (χ0v) is 13.7. The fraction of sp³-hybridized carbons (Fsp3) is 0.412. The van der Waals surface area contributed by atoms with Crippen molar-refractivity contribution < 1.29 is 14.3 Å². The molecule has 1 fully saturated rings. The molecule has 1 saturated heterocycles. The molecule has 122 valence electrons. The van der Waals surface area contributed by atoms with Crippen molar-refractivity contribution in [2.75, 3.05) is 13.1 Å². The van der Waals surface area contributed by atoms with Gasteiger partial charge >= 0.3 is 5.97 Å². The lowest BCUT2D eigenvalue weighted by Gasteiger charge is -2.29. The number of likely N-dealkylation sites (tertiary alicyclic amines) is 1. The summed E-state index contributed by atoms with van der Waals surface area (Å²) in [4.78, 5) is 17.9. The molecular formula is C17H19ClN2O3. The minimum absolute atomic E-state index is 0.289. The van der Waals surface area contributed by atoms with E-state index in [1.807, 2.05) is 31.2 Å². The molecule has 0 radical (unpaired) electrons. The fourth-order valence-electron chi connectivity index (χ4n) is 2.93. The summed E-state index contributed by atoms with van der Waals surface area (Å²) in [6.07, 6.45) is 1.65. The second-order valence-electron chi connectivity index (χ2n) is 5.94. The molecule has 2 heterocycles. The third kappa shape index (κ3) is 3.74. The Labute approximate surface area is 139 Å². The Morgan fingerprint density at radius 3 is 3.09 bits per heavy atom. The highest BCUT2D eigenvalue weighted by Crippen LogP contribution is 2.26. The van der Waals surface area contributed by atoms with E-state index in [9.17, 15) is 9.90 Å². The van der Waals surface area contributed by atoms with Gasteiger partial charge in [0.2, 0.25) is 5.89 Å². The minimum atomic E-state index is -0.716. The lowest BCUT2D eigenvalue weighted by molar-refractivity contribution is -0.143. The standard InChI is InChI=1S/C17H19ClN2O3/c1-11-15(10-20-7-3-5-13(9-20)17(21)22)19-16(23-11)12-4-2-6-14(18)8-12/h2,4,6,8,13H,3,5,7,9-10H2,1H3,(H,21,22). The summed E-state index contributed by atoms with van der Waals surface area (Å²) in [6.45, 7) is 3.95. The van der Waals surface area contributed by atoms with Gasteiger partial charge in [-0.3, -0.25) is 9.69 Å². The van der Waals surface area contributed by atoms with Gasteiger partial charge in [0.1, 0.15) is 5.76 Å². The Hall–Kier alpha value is -1.85.